The number of benzene rings is 1. The molecule has 2 N–H and O–H groups in total. The van der Waals surface area contributed by atoms with Gasteiger partial charge in [-0.05, 0) is 62.4 Å². The summed E-state index contributed by atoms with van der Waals surface area (Å²) in [5.41, 5.74) is 9.90. The molecule has 2 aromatic rings. The predicted molar refractivity (Wildman–Crippen MR) is 79.4 cm³/mol. The lowest BCUT2D eigenvalue weighted by Gasteiger charge is -2.19. The van der Waals surface area contributed by atoms with Crippen molar-refractivity contribution in [3.8, 4) is 0 Å². The second-order valence-corrected chi connectivity index (χ2v) is 5.25. The van der Waals surface area contributed by atoms with Crippen molar-refractivity contribution in [2.24, 2.45) is 5.73 Å². The summed E-state index contributed by atoms with van der Waals surface area (Å²) in [6.45, 7) is 5.06. The molecule has 19 heavy (non-hydrogen) atoms. The Morgan fingerprint density at radius 1 is 1.16 bits per heavy atom. The topological polar surface area (TPSA) is 39.2 Å². The largest absolute Gasteiger partial charge is 0.469 e. The molecule has 0 fully saturated rings. The Morgan fingerprint density at radius 3 is 2.63 bits per heavy atom. The van der Waals surface area contributed by atoms with Gasteiger partial charge in [-0.2, -0.15) is 0 Å². The fourth-order valence-corrected chi connectivity index (χ4v) is 2.71. The minimum atomic E-state index is 0.524. The van der Waals surface area contributed by atoms with Crippen LogP contribution in [0.4, 0.5) is 0 Å². The van der Waals surface area contributed by atoms with Crippen LogP contribution in [0.3, 0.4) is 0 Å². The summed E-state index contributed by atoms with van der Waals surface area (Å²) in [4.78, 5) is 0. The van der Waals surface area contributed by atoms with Crippen LogP contribution in [-0.4, -0.2) is 6.54 Å². The van der Waals surface area contributed by atoms with Gasteiger partial charge < -0.3 is 10.2 Å². The van der Waals surface area contributed by atoms with Gasteiger partial charge in [0.05, 0.1) is 6.26 Å². The summed E-state index contributed by atoms with van der Waals surface area (Å²) in [5.74, 6) is 1.59. The fourth-order valence-electron chi connectivity index (χ4n) is 2.71. The molecule has 0 aliphatic carbocycles. The van der Waals surface area contributed by atoms with Crippen molar-refractivity contribution in [2.45, 2.75) is 39.0 Å². The second kappa shape index (κ2) is 6.58. The first-order valence-electron chi connectivity index (χ1n) is 7.00. The number of hydrogen-bond donors (Lipinski definition) is 1. The van der Waals surface area contributed by atoms with E-state index in [1.54, 1.807) is 6.26 Å². The molecule has 1 aromatic heterocycles. The standard InChI is InChI=1S/C17H23NO/c1-13-5-8-17(14(2)12-13)15(9-10-18)6-7-16-4-3-11-19-16/h3-5,8,11-12,15H,6-7,9-10,18H2,1-2H3. The molecule has 0 amide bonds. The lowest BCUT2D eigenvalue weighted by Crippen LogP contribution is -2.10. The molecular formula is C17H23NO. The number of rotatable bonds is 6. The van der Waals surface area contributed by atoms with Gasteiger partial charge in [0.1, 0.15) is 5.76 Å². The molecule has 0 saturated heterocycles. The molecule has 0 spiro atoms. The first-order valence-corrected chi connectivity index (χ1v) is 7.00. The van der Waals surface area contributed by atoms with Gasteiger partial charge in [-0.1, -0.05) is 23.8 Å². The summed E-state index contributed by atoms with van der Waals surface area (Å²) >= 11 is 0. The van der Waals surface area contributed by atoms with Gasteiger partial charge >= 0.3 is 0 Å². The van der Waals surface area contributed by atoms with E-state index in [2.05, 4.69) is 32.0 Å². The van der Waals surface area contributed by atoms with Crippen LogP contribution < -0.4 is 5.73 Å². The van der Waals surface area contributed by atoms with E-state index in [9.17, 15) is 0 Å². The average molecular weight is 257 g/mol. The summed E-state index contributed by atoms with van der Waals surface area (Å²) in [7, 11) is 0. The van der Waals surface area contributed by atoms with E-state index < -0.39 is 0 Å². The third kappa shape index (κ3) is 3.71. The average Bonchev–Trinajstić information content (AvgIpc) is 2.88. The lowest BCUT2D eigenvalue weighted by molar-refractivity contribution is 0.479. The minimum Gasteiger partial charge on any atom is -0.469 e. The van der Waals surface area contributed by atoms with Crippen LogP contribution in [0, 0.1) is 13.8 Å². The Balaban J connectivity index is 2.10. The van der Waals surface area contributed by atoms with E-state index in [0.717, 1.165) is 31.6 Å². The quantitative estimate of drug-likeness (QED) is 0.850. The summed E-state index contributed by atoms with van der Waals surface area (Å²) in [6.07, 6.45) is 4.84. The molecule has 2 rings (SSSR count). The molecule has 0 aliphatic heterocycles. The van der Waals surface area contributed by atoms with Crippen LogP contribution in [-0.2, 0) is 6.42 Å². The Hall–Kier alpha value is -1.54. The van der Waals surface area contributed by atoms with Crippen molar-refractivity contribution < 1.29 is 4.42 Å². The van der Waals surface area contributed by atoms with E-state index in [1.165, 1.54) is 16.7 Å². The molecule has 2 heteroatoms. The highest BCUT2D eigenvalue weighted by Crippen LogP contribution is 2.28. The highest BCUT2D eigenvalue weighted by Gasteiger charge is 2.14. The molecule has 1 aromatic carbocycles. The first-order chi connectivity index (χ1) is 9.20. The third-order valence-corrected chi connectivity index (χ3v) is 3.70. The zero-order valence-electron chi connectivity index (χ0n) is 11.9. The van der Waals surface area contributed by atoms with E-state index in [-0.39, 0.29) is 0 Å². The normalized spacial score (nSPS) is 12.6. The van der Waals surface area contributed by atoms with Crippen molar-refractivity contribution in [3.63, 3.8) is 0 Å². The van der Waals surface area contributed by atoms with Gasteiger partial charge in [0, 0.05) is 6.42 Å². The summed E-state index contributed by atoms with van der Waals surface area (Å²) in [6, 6.07) is 10.7. The van der Waals surface area contributed by atoms with Crippen LogP contribution in [0.1, 0.15) is 41.2 Å². The van der Waals surface area contributed by atoms with Crippen LogP contribution >= 0.6 is 0 Å². The summed E-state index contributed by atoms with van der Waals surface area (Å²) < 4.78 is 5.42. The lowest BCUT2D eigenvalue weighted by atomic mass is 9.87. The smallest absolute Gasteiger partial charge is 0.103 e. The van der Waals surface area contributed by atoms with Crippen LogP contribution in [0.2, 0.25) is 0 Å². The zero-order valence-corrected chi connectivity index (χ0v) is 11.9. The molecule has 0 radical (unpaired) electrons. The Morgan fingerprint density at radius 2 is 2.00 bits per heavy atom. The first kappa shape index (κ1) is 13.9. The number of furan rings is 1. The monoisotopic (exact) mass is 257 g/mol. The van der Waals surface area contributed by atoms with Crippen LogP contribution in [0.5, 0.6) is 0 Å². The number of nitrogens with two attached hydrogens (primary N) is 1. The molecular weight excluding hydrogens is 234 g/mol. The minimum absolute atomic E-state index is 0.524. The van der Waals surface area contributed by atoms with Crippen LogP contribution in [0.15, 0.2) is 41.0 Å². The zero-order chi connectivity index (χ0) is 13.7. The summed E-state index contributed by atoms with van der Waals surface area (Å²) in [5, 5.41) is 0. The van der Waals surface area contributed by atoms with Gasteiger partial charge in [-0.3, -0.25) is 0 Å². The molecule has 0 bridgehead atoms. The van der Waals surface area contributed by atoms with E-state index in [0.29, 0.717) is 5.92 Å². The predicted octanol–water partition coefficient (Wildman–Crippen LogP) is 3.96. The van der Waals surface area contributed by atoms with Gasteiger partial charge in [0.2, 0.25) is 0 Å². The van der Waals surface area contributed by atoms with Gasteiger partial charge in [0.25, 0.3) is 0 Å². The van der Waals surface area contributed by atoms with E-state index >= 15 is 0 Å². The van der Waals surface area contributed by atoms with Crippen molar-refractivity contribution in [1.82, 2.24) is 0 Å². The molecule has 1 heterocycles. The fraction of sp³-hybridized carbons (Fsp3) is 0.412. The highest BCUT2D eigenvalue weighted by molar-refractivity contribution is 5.33. The van der Waals surface area contributed by atoms with E-state index in [1.807, 2.05) is 12.1 Å². The van der Waals surface area contributed by atoms with E-state index in [4.69, 9.17) is 10.2 Å². The third-order valence-electron chi connectivity index (χ3n) is 3.70. The molecule has 2 nitrogen and oxygen atoms in total. The maximum absolute atomic E-state index is 5.77. The Labute approximate surface area is 115 Å². The van der Waals surface area contributed by atoms with Crippen molar-refractivity contribution in [2.75, 3.05) is 6.54 Å². The second-order valence-electron chi connectivity index (χ2n) is 5.25. The van der Waals surface area contributed by atoms with Crippen molar-refractivity contribution >= 4 is 0 Å². The SMILES string of the molecule is Cc1ccc(C(CCN)CCc2ccco2)c(C)c1. The maximum atomic E-state index is 5.77. The number of hydrogen-bond acceptors (Lipinski definition) is 2. The van der Waals surface area contributed by atoms with Crippen LogP contribution in [0.25, 0.3) is 0 Å². The van der Waals surface area contributed by atoms with Gasteiger partial charge in [-0.25, -0.2) is 0 Å². The van der Waals surface area contributed by atoms with Gasteiger partial charge in [0.15, 0.2) is 0 Å². The highest BCUT2D eigenvalue weighted by atomic mass is 16.3. The maximum Gasteiger partial charge on any atom is 0.103 e. The number of aryl methyl sites for hydroxylation is 3. The molecule has 102 valence electrons. The molecule has 0 saturated carbocycles. The van der Waals surface area contributed by atoms with Crippen molar-refractivity contribution in [1.29, 1.82) is 0 Å². The van der Waals surface area contributed by atoms with Crippen molar-refractivity contribution in [3.05, 3.63) is 59.0 Å². The Kier molecular flexibility index (Phi) is 4.80. The van der Waals surface area contributed by atoms with Gasteiger partial charge in [-0.15, -0.1) is 0 Å². The Bertz CT molecular complexity index is 502. The molecule has 1 atom stereocenters. The molecule has 1 unspecified atom stereocenters. The molecule has 0 aliphatic rings.